The minimum Gasteiger partial charge on any atom is -0.497 e. The molecule has 26 heavy (non-hydrogen) atoms. The van der Waals surface area contributed by atoms with Crippen LogP contribution in [0.2, 0.25) is 0 Å². The third kappa shape index (κ3) is 4.98. The van der Waals surface area contributed by atoms with Crippen molar-refractivity contribution >= 4 is 17.6 Å². The molecule has 0 unspecified atom stereocenters. The highest BCUT2D eigenvalue weighted by Crippen LogP contribution is 2.29. The Kier molecular flexibility index (Phi) is 5.86. The fourth-order valence-corrected chi connectivity index (χ4v) is 2.05. The van der Waals surface area contributed by atoms with E-state index in [0.29, 0.717) is 17.5 Å². The van der Waals surface area contributed by atoms with E-state index in [0.717, 1.165) is 12.1 Å². The van der Waals surface area contributed by atoms with Crippen LogP contribution in [0.15, 0.2) is 48.5 Å². The molecule has 0 aliphatic heterocycles. The largest absolute Gasteiger partial charge is 0.497 e. The molecule has 0 saturated heterocycles. The van der Waals surface area contributed by atoms with Gasteiger partial charge < -0.3 is 14.8 Å². The second-order valence-electron chi connectivity index (χ2n) is 5.35. The molecule has 0 heterocycles. The Labute approximate surface area is 147 Å². The number of alkyl halides is 3. The summed E-state index contributed by atoms with van der Waals surface area (Å²) in [5.74, 6) is -1.13. The van der Waals surface area contributed by atoms with E-state index < -0.39 is 29.7 Å². The first-order valence-electron chi connectivity index (χ1n) is 7.54. The Hall–Kier alpha value is -3.03. The molecule has 0 spiro atoms. The summed E-state index contributed by atoms with van der Waals surface area (Å²) in [4.78, 5) is 24.1. The lowest BCUT2D eigenvalue weighted by atomic mass is 10.1. The molecule has 8 heteroatoms. The van der Waals surface area contributed by atoms with Crippen molar-refractivity contribution in [2.24, 2.45) is 0 Å². The summed E-state index contributed by atoms with van der Waals surface area (Å²) in [7, 11) is 1.47. The zero-order valence-electron chi connectivity index (χ0n) is 14.0. The normalized spacial score (nSPS) is 12.2. The highest BCUT2D eigenvalue weighted by Gasteiger charge is 2.31. The first-order valence-corrected chi connectivity index (χ1v) is 7.54. The smallest absolute Gasteiger partial charge is 0.416 e. The maximum atomic E-state index is 12.7. The predicted octanol–water partition coefficient (Wildman–Crippen LogP) is 3.90. The van der Waals surface area contributed by atoms with Gasteiger partial charge in [-0.1, -0.05) is 12.1 Å². The molecule has 5 nitrogen and oxygen atoms in total. The molecule has 1 amide bonds. The fraction of sp³-hybridized carbons (Fsp3) is 0.222. The molecule has 2 aromatic carbocycles. The lowest BCUT2D eigenvalue weighted by molar-refractivity contribution is -0.137. The number of esters is 1. The van der Waals surface area contributed by atoms with Crippen LogP contribution in [0.5, 0.6) is 5.75 Å². The summed E-state index contributed by atoms with van der Waals surface area (Å²) in [5, 5.41) is 2.53. The van der Waals surface area contributed by atoms with Gasteiger partial charge in [-0.05, 0) is 37.3 Å². The highest BCUT2D eigenvalue weighted by atomic mass is 19.4. The topological polar surface area (TPSA) is 64.6 Å². The van der Waals surface area contributed by atoms with Gasteiger partial charge in [0.15, 0.2) is 6.10 Å². The average Bonchev–Trinajstić information content (AvgIpc) is 2.61. The molecule has 2 rings (SSSR count). The molecule has 0 aliphatic rings. The van der Waals surface area contributed by atoms with Crippen LogP contribution in [0.25, 0.3) is 0 Å². The summed E-state index contributed by atoms with van der Waals surface area (Å²) in [6.45, 7) is 1.32. The zero-order chi connectivity index (χ0) is 19.3. The number of carbonyl (C=O) groups excluding carboxylic acids is 2. The third-order valence-corrected chi connectivity index (χ3v) is 3.42. The number of hydrogen-bond donors (Lipinski definition) is 1. The van der Waals surface area contributed by atoms with Crippen LogP contribution in [-0.2, 0) is 15.7 Å². The van der Waals surface area contributed by atoms with E-state index in [2.05, 4.69) is 5.32 Å². The van der Waals surface area contributed by atoms with Crippen LogP contribution in [0.1, 0.15) is 22.8 Å². The highest BCUT2D eigenvalue weighted by molar-refractivity contribution is 5.97. The zero-order valence-corrected chi connectivity index (χ0v) is 14.0. The second kappa shape index (κ2) is 7.90. The van der Waals surface area contributed by atoms with Crippen LogP contribution < -0.4 is 10.1 Å². The molecule has 2 aromatic rings. The van der Waals surface area contributed by atoms with Gasteiger partial charge >= 0.3 is 12.1 Å². The maximum absolute atomic E-state index is 12.7. The van der Waals surface area contributed by atoms with Crippen LogP contribution >= 0.6 is 0 Å². The van der Waals surface area contributed by atoms with E-state index in [9.17, 15) is 22.8 Å². The Bertz CT molecular complexity index is 805. The average molecular weight is 367 g/mol. The molecule has 1 atom stereocenters. The minimum absolute atomic E-state index is 0.291. The van der Waals surface area contributed by atoms with Crippen molar-refractivity contribution in [3.05, 3.63) is 59.7 Å². The van der Waals surface area contributed by atoms with Crippen molar-refractivity contribution in [2.45, 2.75) is 19.2 Å². The van der Waals surface area contributed by atoms with Crippen LogP contribution in [0.3, 0.4) is 0 Å². The van der Waals surface area contributed by atoms with E-state index in [1.165, 1.54) is 20.1 Å². The van der Waals surface area contributed by atoms with E-state index in [-0.39, 0.29) is 5.56 Å². The molecule has 1 N–H and O–H groups in total. The Balaban J connectivity index is 2.03. The first kappa shape index (κ1) is 19.3. The number of benzene rings is 2. The first-order chi connectivity index (χ1) is 12.2. The lowest BCUT2D eigenvalue weighted by Gasteiger charge is -2.14. The van der Waals surface area contributed by atoms with E-state index in [1.807, 2.05) is 0 Å². The summed E-state index contributed by atoms with van der Waals surface area (Å²) < 4.78 is 48.1. The van der Waals surface area contributed by atoms with Gasteiger partial charge in [0.2, 0.25) is 0 Å². The monoisotopic (exact) mass is 367 g/mol. The van der Waals surface area contributed by atoms with Crippen LogP contribution in [0, 0.1) is 0 Å². The molecule has 138 valence electrons. The van der Waals surface area contributed by atoms with Gasteiger partial charge in [-0.2, -0.15) is 13.2 Å². The van der Waals surface area contributed by atoms with E-state index in [1.54, 1.807) is 24.3 Å². The SMILES string of the molecule is COc1cccc(NC(=O)[C@H](C)OC(=O)c2cccc(C(F)(F)F)c2)c1. The number of methoxy groups -OCH3 is 1. The molecule has 0 fully saturated rings. The molecule has 0 aromatic heterocycles. The third-order valence-electron chi connectivity index (χ3n) is 3.42. The number of rotatable bonds is 5. The van der Waals surface area contributed by atoms with Gasteiger partial charge in [0.1, 0.15) is 5.75 Å². The molecule has 0 bridgehead atoms. The number of halogens is 3. The van der Waals surface area contributed by atoms with Crippen molar-refractivity contribution in [2.75, 3.05) is 12.4 Å². The minimum atomic E-state index is -4.58. The molecule has 0 aliphatic carbocycles. The Morgan fingerprint density at radius 3 is 2.42 bits per heavy atom. The van der Waals surface area contributed by atoms with Crippen molar-refractivity contribution in [1.29, 1.82) is 0 Å². The van der Waals surface area contributed by atoms with Crippen molar-refractivity contribution in [3.8, 4) is 5.75 Å². The number of ether oxygens (including phenoxy) is 2. The van der Waals surface area contributed by atoms with Crippen molar-refractivity contribution < 1.29 is 32.2 Å². The van der Waals surface area contributed by atoms with Crippen LogP contribution in [0.4, 0.5) is 18.9 Å². The quantitative estimate of drug-likeness (QED) is 0.814. The van der Waals surface area contributed by atoms with Crippen molar-refractivity contribution in [3.63, 3.8) is 0 Å². The van der Waals surface area contributed by atoms with Gasteiger partial charge in [0.25, 0.3) is 5.91 Å². The molecular formula is C18H16F3NO4. The van der Waals surface area contributed by atoms with E-state index >= 15 is 0 Å². The molecule has 0 radical (unpaired) electrons. The van der Waals surface area contributed by atoms with Gasteiger partial charge in [0.05, 0.1) is 18.2 Å². The molecular weight excluding hydrogens is 351 g/mol. The number of carbonyl (C=O) groups is 2. The van der Waals surface area contributed by atoms with Gasteiger partial charge in [0, 0.05) is 11.8 Å². The predicted molar refractivity (Wildman–Crippen MR) is 87.9 cm³/mol. The summed E-state index contributed by atoms with van der Waals surface area (Å²) >= 11 is 0. The molecule has 0 saturated carbocycles. The summed E-state index contributed by atoms with van der Waals surface area (Å²) in [5.41, 5.74) is -0.836. The van der Waals surface area contributed by atoms with Gasteiger partial charge in [-0.3, -0.25) is 4.79 Å². The number of nitrogens with one attached hydrogen (secondary N) is 1. The Morgan fingerprint density at radius 1 is 1.08 bits per heavy atom. The lowest BCUT2D eigenvalue weighted by Crippen LogP contribution is -2.30. The number of anilines is 1. The standard InChI is InChI=1S/C18H16F3NO4/c1-11(16(23)22-14-7-4-8-15(10-14)25-2)26-17(24)12-5-3-6-13(9-12)18(19,20)21/h3-11H,1-2H3,(H,22,23)/t11-/m0/s1. The van der Waals surface area contributed by atoms with Crippen molar-refractivity contribution in [1.82, 2.24) is 0 Å². The number of amides is 1. The van der Waals surface area contributed by atoms with Crippen LogP contribution in [-0.4, -0.2) is 25.1 Å². The second-order valence-corrected chi connectivity index (χ2v) is 5.35. The maximum Gasteiger partial charge on any atom is 0.416 e. The van der Waals surface area contributed by atoms with E-state index in [4.69, 9.17) is 9.47 Å². The Morgan fingerprint density at radius 2 is 1.77 bits per heavy atom. The van der Waals surface area contributed by atoms with Gasteiger partial charge in [-0.25, -0.2) is 4.79 Å². The summed E-state index contributed by atoms with van der Waals surface area (Å²) in [6.07, 6.45) is -5.78. The fourth-order valence-electron chi connectivity index (χ4n) is 2.05. The summed E-state index contributed by atoms with van der Waals surface area (Å²) in [6, 6.07) is 10.3. The van der Waals surface area contributed by atoms with Gasteiger partial charge in [-0.15, -0.1) is 0 Å². The number of hydrogen-bond acceptors (Lipinski definition) is 4.